The van der Waals surface area contributed by atoms with E-state index in [4.69, 9.17) is 83.4 Å². The third kappa shape index (κ3) is 21.7. The lowest BCUT2D eigenvalue weighted by molar-refractivity contribution is 0.0980. The SMILES string of the molecule is CCS(=O)(=O)C1(c2cc(-c3cnc(C)cc3F)nc(N3CCOCC3)n2)CC1.Cc1cc(Cl)c(-c2cc(C(C)(C)S(C)(=O)=O)nc(N3CCOC[C@H]3C)n2)cn1.Cc1cc(Cl)c(-c2cc(C3(S(=O)(=O)C4CC4)CC3)nc(N3CCOCC3)n2)cn1.Cc1cc(Cl)c(-c2cc(C3(S(C)(=O)=O)CC3)nc(N3CCOC[C@H]3C)n2)cn1.Cc1cc(F)c(-c2cc(C3(S(=O)(=O)C4CC4)CC3)nc(N3CCOCC3)n2)cn1. The number of sulfone groups is 5. The maximum absolute atomic E-state index is 14.7. The second-order valence-corrected chi connectivity index (χ2v) is 52.5. The van der Waals surface area contributed by atoms with Crippen molar-refractivity contribution in [3.05, 3.63) is 175 Å². The maximum atomic E-state index is 14.7. The van der Waals surface area contributed by atoms with Crippen LogP contribution in [0.25, 0.3) is 56.3 Å². The van der Waals surface area contributed by atoms with Gasteiger partial charge in [0.05, 0.1) is 172 Å². The first-order chi connectivity index (χ1) is 67.4. The highest BCUT2D eigenvalue weighted by atomic mass is 35.5. The number of aromatic nitrogens is 15. The molecule has 0 N–H and O–H groups in total. The van der Waals surface area contributed by atoms with Gasteiger partial charge in [0.25, 0.3) is 0 Å². The summed E-state index contributed by atoms with van der Waals surface area (Å²) in [5, 5.41) is 1.09. The van der Waals surface area contributed by atoms with Crippen LogP contribution in [0.2, 0.25) is 15.1 Å². The van der Waals surface area contributed by atoms with Crippen molar-refractivity contribution < 1.29 is 74.6 Å². The molecule has 142 heavy (non-hydrogen) atoms. The molecule has 760 valence electrons. The van der Waals surface area contributed by atoms with E-state index < -0.39 is 84.6 Å². The Bertz CT molecular complexity index is 6760. The molecular weight excluding hydrogens is 1990 g/mol. The van der Waals surface area contributed by atoms with Crippen LogP contribution >= 0.6 is 34.8 Å². The molecule has 10 aromatic rings. The molecule has 0 aromatic carbocycles. The fourth-order valence-corrected chi connectivity index (χ4v) is 27.3. The Morgan fingerprint density at radius 2 is 0.648 bits per heavy atom. The van der Waals surface area contributed by atoms with Crippen LogP contribution in [-0.4, -0.2) is 276 Å². The van der Waals surface area contributed by atoms with Gasteiger partial charge in [-0.3, -0.25) is 24.9 Å². The molecular formula is C97H117Cl3F2N20O15S5. The van der Waals surface area contributed by atoms with Crippen molar-refractivity contribution in [2.24, 2.45) is 0 Å². The average molecular weight is 2110 g/mol. The zero-order chi connectivity index (χ0) is 101. The highest BCUT2D eigenvalue weighted by Crippen LogP contribution is 2.60. The molecule has 0 amide bonds. The van der Waals surface area contributed by atoms with Gasteiger partial charge in [0.2, 0.25) is 29.7 Å². The molecule has 6 aliphatic carbocycles. The lowest BCUT2D eigenvalue weighted by atomic mass is 10.1. The van der Waals surface area contributed by atoms with E-state index in [1.807, 2.05) is 54.2 Å². The van der Waals surface area contributed by atoms with Crippen molar-refractivity contribution in [3.8, 4) is 56.3 Å². The summed E-state index contributed by atoms with van der Waals surface area (Å²) in [6, 6.07) is 16.7. The number of hydrogen-bond acceptors (Lipinski definition) is 35. The van der Waals surface area contributed by atoms with Gasteiger partial charge in [-0.05, 0) is 200 Å². The van der Waals surface area contributed by atoms with Crippen molar-refractivity contribution in [2.45, 2.75) is 193 Å². The molecule has 2 atom stereocenters. The molecule has 10 aromatic heterocycles. The molecule has 0 radical (unpaired) electrons. The van der Waals surface area contributed by atoms with Crippen molar-refractivity contribution >= 4 is 114 Å². The van der Waals surface area contributed by atoms with Gasteiger partial charge in [-0.15, -0.1) is 0 Å². The van der Waals surface area contributed by atoms with Gasteiger partial charge in [-0.2, -0.15) is 0 Å². The summed E-state index contributed by atoms with van der Waals surface area (Å²) in [7, 11) is -16.6. The normalized spacial score (nSPS) is 20.3. The molecule has 0 bridgehead atoms. The van der Waals surface area contributed by atoms with E-state index in [1.54, 1.807) is 102 Å². The average Bonchev–Trinajstić information content (AvgIpc) is 1.54. The molecule has 5 saturated heterocycles. The van der Waals surface area contributed by atoms with Crippen LogP contribution in [0.1, 0.15) is 169 Å². The maximum Gasteiger partial charge on any atom is 0.226 e. The lowest BCUT2D eigenvalue weighted by Crippen LogP contribution is -2.45. The van der Waals surface area contributed by atoms with Crippen LogP contribution in [0.4, 0.5) is 38.5 Å². The van der Waals surface area contributed by atoms with Crippen LogP contribution in [0.3, 0.4) is 0 Å². The minimum absolute atomic E-state index is 0.0413. The van der Waals surface area contributed by atoms with E-state index in [9.17, 15) is 50.9 Å². The quantitative estimate of drug-likeness (QED) is 0.0574. The minimum atomic E-state index is -3.41. The zero-order valence-corrected chi connectivity index (χ0v) is 87.7. The van der Waals surface area contributed by atoms with E-state index in [1.165, 1.54) is 37.0 Å². The summed E-state index contributed by atoms with van der Waals surface area (Å²) in [4.78, 5) is 78.1. The summed E-state index contributed by atoms with van der Waals surface area (Å²) in [5.74, 6) is 1.53. The van der Waals surface area contributed by atoms with Crippen molar-refractivity contribution in [2.75, 3.05) is 161 Å². The first kappa shape index (κ1) is 104. The molecule has 15 heterocycles. The fraction of sp³-hybridized carbons (Fsp3) is 0.536. The van der Waals surface area contributed by atoms with Gasteiger partial charge in [-0.1, -0.05) is 41.7 Å². The number of ether oxygens (including phenoxy) is 5. The smallest absolute Gasteiger partial charge is 0.226 e. The largest absolute Gasteiger partial charge is 0.378 e. The molecule has 0 spiro atoms. The second kappa shape index (κ2) is 41.0. The van der Waals surface area contributed by atoms with Gasteiger partial charge >= 0.3 is 0 Å². The number of halogens is 5. The number of rotatable bonds is 23. The predicted octanol–water partition coefficient (Wildman–Crippen LogP) is 13.3. The first-order valence-corrected chi connectivity index (χ1v) is 57.4. The third-order valence-electron chi connectivity index (χ3n) is 28.0. The van der Waals surface area contributed by atoms with E-state index >= 15 is 0 Å². The fourth-order valence-electron chi connectivity index (χ4n) is 17.9. The Morgan fingerprint density at radius 1 is 0.366 bits per heavy atom. The minimum Gasteiger partial charge on any atom is -0.378 e. The molecule has 11 fully saturated rings. The van der Waals surface area contributed by atoms with E-state index in [-0.39, 0.29) is 39.5 Å². The zero-order valence-electron chi connectivity index (χ0n) is 81.4. The van der Waals surface area contributed by atoms with Gasteiger partial charge in [0.15, 0.2) is 49.2 Å². The van der Waals surface area contributed by atoms with E-state index in [0.29, 0.717) is 300 Å². The number of aryl methyl sites for hydroxylation is 5. The number of anilines is 5. The van der Waals surface area contributed by atoms with Crippen molar-refractivity contribution in [1.82, 2.24) is 74.8 Å². The van der Waals surface area contributed by atoms with Crippen molar-refractivity contribution in [3.63, 3.8) is 0 Å². The first-order valence-electron chi connectivity index (χ1n) is 47.7. The summed E-state index contributed by atoms with van der Waals surface area (Å²) in [6.45, 7) is 28.8. The summed E-state index contributed by atoms with van der Waals surface area (Å²) >= 11 is 19.4. The highest BCUT2D eigenvalue weighted by Gasteiger charge is 2.64. The number of nitrogens with zero attached hydrogens (tertiary/aromatic N) is 20. The number of morpholine rings is 5. The summed E-state index contributed by atoms with van der Waals surface area (Å²) in [6.07, 6.45) is 17.9. The van der Waals surface area contributed by atoms with Gasteiger partial charge in [-0.25, -0.2) is 101 Å². The van der Waals surface area contributed by atoms with Gasteiger partial charge in [0, 0.05) is 147 Å². The molecule has 0 unspecified atom stereocenters. The highest BCUT2D eigenvalue weighted by molar-refractivity contribution is 7.94. The molecule has 21 rings (SSSR count). The summed E-state index contributed by atoms with van der Waals surface area (Å²) in [5.41, 5.74) is 11.0. The molecule has 5 aliphatic heterocycles. The molecule has 45 heteroatoms. The number of hydrogen-bond donors (Lipinski definition) is 0. The third-order valence-corrected chi connectivity index (χ3v) is 41.7. The Morgan fingerprint density at radius 3 is 0.944 bits per heavy atom. The Hall–Kier alpha value is -9.57. The number of pyridine rings is 5. The molecule has 6 saturated carbocycles. The molecule has 11 aliphatic rings. The van der Waals surface area contributed by atoms with Crippen LogP contribution in [0.5, 0.6) is 0 Å². The van der Waals surface area contributed by atoms with E-state index in [0.717, 1.165) is 42.8 Å². The van der Waals surface area contributed by atoms with Gasteiger partial charge in [0.1, 0.15) is 35.4 Å². The summed E-state index contributed by atoms with van der Waals surface area (Å²) < 4.78 is 180. The van der Waals surface area contributed by atoms with Crippen LogP contribution in [0.15, 0.2) is 91.6 Å². The van der Waals surface area contributed by atoms with Crippen molar-refractivity contribution in [1.29, 1.82) is 0 Å². The van der Waals surface area contributed by atoms with E-state index in [2.05, 4.69) is 54.7 Å². The monoisotopic (exact) mass is 2100 g/mol. The Balaban J connectivity index is 0.000000122. The van der Waals surface area contributed by atoms with Crippen LogP contribution in [0, 0.1) is 46.3 Å². The Labute approximate surface area is 842 Å². The molecule has 35 nitrogen and oxygen atoms in total. The van der Waals surface area contributed by atoms with Crippen LogP contribution in [-0.2, 0) is 96.6 Å². The van der Waals surface area contributed by atoms with Crippen LogP contribution < -0.4 is 24.5 Å². The standard InChI is InChI=1S/C20H23ClN4O3S.C20H23FN4O3S.C19H23ClN4O3S.C19H25ClN4O3S.C19H23FN4O3S/c2*1-13-10-16(21)15(12-22-13)17-11-18(20(4-5-20)29(26,27)14-2-3-14)24-19(23-17)25-6-8-28-9-7-25;1-12-8-15(20)14(10-21-12)16-9-17(19(4-5-19)28(3,25)26)23-18(22-16)24-6-7-27-11-13(24)2;1-12-8-15(20)14(10-21-12)16-9-17(19(3,4)28(5,25)26)23-18(22-16)24-6-7-27-11-13(24)2;1-3-28(25,26)19(4-5-19)17-11-16(14-12-21-13(2)10-15(14)20)22-18(23-17)24-6-8-27-9-7-24/h2*10-12,14H,2-9H2,1H3;8-10,13H,4-7,11H2,1-3H3;8-10,13H,6-7,11H2,1-5H3;10-12H,3-9H2,1-2H3/t;;2*13-;/m..11./s1. The lowest BCUT2D eigenvalue weighted by Gasteiger charge is -2.34. The topological polar surface area (TPSA) is 426 Å². The van der Waals surface area contributed by atoms with Gasteiger partial charge < -0.3 is 48.2 Å². The predicted molar refractivity (Wildman–Crippen MR) is 539 cm³/mol. The Kier molecular flexibility index (Phi) is 30.0. The second-order valence-electron chi connectivity index (χ2n) is 38.7.